The second-order valence-corrected chi connectivity index (χ2v) is 2.37. The molecule has 0 amide bonds. The van der Waals surface area contributed by atoms with Gasteiger partial charge in [0.25, 0.3) is 0 Å². The number of carbonyl (C=O) groups is 2. The van der Waals surface area contributed by atoms with Crippen LogP contribution in [0.2, 0.25) is 0 Å². The quantitative estimate of drug-likeness (QED) is 0.585. The van der Waals surface area contributed by atoms with Crippen LogP contribution in [-0.4, -0.2) is 29.1 Å². The topological polar surface area (TPSA) is 63.6 Å². The average molecular weight is 160 g/mol. The van der Waals surface area contributed by atoms with Crippen LogP contribution >= 0.6 is 0 Å². The third-order valence-electron chi connectivity index (χ3n) is 1.21. The number of esters is 1. The van der Waals surface area contributed by atoms with Gasteiger partial charge in [-0.25, -0.2) is 4.79 Å². The van der Waals surface area contributed by atoms with E-state index in [4.69, 9.17) is 5.11 Å². The summed E-state index contributed by atoms with van der Waals surface area (Å²) in [6.45, 7) is 4.07. The lowest BCUT2D eigenvalue weighted by molar-refractivity contribution is -0.160. The molecule has 0 aromatic rings. The van der Waals surface area contributed by atoms with Gasteiger partial charge in [0.15, 0.2) is 11.9 Å². The number of hydrogen-bond donors (Lipinski definition) is 1. The first-order chi connectivity index (χ1) is 4.95. The van der Waals surface area contributed by atoms with Gasteiger partial charge in [0, 0.05) is 0 Å². The highest BCUT2D eigenvalue weighted by atomic mass is 16.6. The van der Waals surface area contributed by atoms with Crippen LogP contribution < -0.4 is 0 Å². The summed E-state index contributed by atoms with van der Waals surface area (Å²) in [7, 11) is 0. The zero-order valence-corrected chi connectivity index (χ0v) is 6.83. The minimum atomic E-state index is -1.17. The van der Waals surface area contributed by atoms with Crippen LogP contribution in [0.25, 0.3) is 0 Å². The molecule has 11 heavy (non-hydrogen) atoms. The van der Waals surface area contributed by atoms with Crippen molar-refractivity contribution in [3.05, 3.63) is 0 Å². The highest BCUT2D eigenvalue weighted by molar-refractivity contribution is 5.84. The Balaban J connectivity index is 3.85. The second kappa shape index (κ2) is 4.08. The summed E-state index contributed by atoms with van der Waals surface area (Å²) < 4.78 is 4.53. The van der Waals surface area contributed by atoms with E-state index in [1.165, 1.54) is 20.8 Å². The van der Waals surface area contributed by atoms with E-state index in [1.54, 1.807) is 0 Å². The van der Waals surface area contributed by atoms with Crippen molar-refractivity contribution in [1.82, 2.24) is 0 Å². The van der Waals surface area contributed by atoms with E-state index >= 15 is 0 Å². The van der Waals surface area contributed by atoms with Crippen molar-refractivity contribution in [2.75, 3.05) is 0 Å². The third kappa shape index (κ3) is 3.72. The molecule has 4 heteroatoms. The van der Waals surface area contributed by atoms with Crippen molar-refractivity contribution in [1.29, 1.82) is 0 Å². The van der Waals surface area contributed by atoms with Crippen molar-refractivity contribution in [2.24, 2.45) is 0 Å². The summed E-state index contributed by atoms with van der Waals surface area (Å²) in [6.07, 6.45) is -1.94. The molecule has 0 heterocycles. The maximum absolute atomic E-state index is 10.6. The molecule has 0 unspecified atom stereocenters. The maximum atomic E-state index is 10.6. The van der Waals surface area contributed by atoms with Crippen LogP contribution in [0.1, 0.15) is 20.8 Å². The van der Waals surface area contributed by atoms with Gasteiger partial charge in [-0.3, -0.25) is 4.79 Å². The molecule has 0 bridgehead atoms. The van der Waals surface area contributed by atoms with Gasteiger partial charge in [0.1, 0.15) is 6.10 Å². The first-order valence-electron chi connectivity index (χ1n) is 3.34. The minimum Gasteiger partial charge on any atom is -0.453 e. The molecule has 0 saturated carbocycles. The summed E-state index contributed by atoms with van der Waals surface area (Å²) in [5.74, 6) is -1.01. The van der Waals surface area contributed by atoms with Crippen LogP contribution in [0.5, 0.6) is 0 Å². The Labute approximate surface area is 65.2 Å². The van der Waals surface area contributed by atoms with E-state index < -0.39 is 18.2 Å². The summed E-state index contributed by atoms with van der Waals surface area (Å²) >= 11 is 0. The van der Waals surface area contributed by atoms with Gasteiger partial charge in [0.05, 0.1) is 0 Å². The largest absolute Gasteiger partial charge is 0.453 e. The Morgan fingerprint density at radius 2 is 1.82 bits per heavy atom. The molecule has 0 saturated heterocycles. The Bertz CT molecular complexity index is 162. The van der Waals surface area contributed by atoms with Crippen LogP contribution in [0.15, 0.2) is 0 Å². The zero-order chi connectivity index (χ0) is 9.02. The Kier molecular flexibility index (Phi) is 3.74. The normalized spacial score (nSPS) is 15.3. The predicted octanol–water partition coefficient (Wildman–Crippen LogP) is -0.112. The Morgan fingerprint density at radius 3 is 2.09 bits per heavy atom. The fourth-order valence-electron chi connectivity index (χ4n) is 0.356. The lowest BCUT2D eigenvalue weighted by Crippen LogP contribution is -2.27. The second-order valence-electron chi connectivity index (χ2n) is 2.37. The van der Waals surface area contributed by atoms with Crippen LogP contribution in [0.4, 0.5) is 0 Å². The van der Waals surface area contributed by atoms with Crippen molar-refractivity contribution in [3.63, 3.8) is 0 Å². The Hall–Kier alpha value is -0.900. The van der Waals surface area contributed by atoms with Gasteiger partial charge in [-0.15, -0.1) is 0 Å². The lowest BCUT2D eigenvalue weighted by atomic mass is 10.3. The molecular weight excluding hydrogens is 148 g/mol. The SMILES string of the molecule is CC(=O)[C@@H](C)OC(=O)[C@@H](C)O. The number of hydrogen-bond acceptors (Lipinski definition) is 4. The van der Waals surface area contributed by atoms with Crippen molar-refractivity contribution >= 4 is 11.8 Å². The van der Waals surface area contributed by atoms with Crippen molar-refractivity contribution in [2.45, 2.75) is 33.0 Å². The number of ether oxygens (including phenoxy) is 1. The molecule has 0 radical (unpaired) electrons. The van der Waals surface area contributed by atoms with Gasteiger partial charge < -0.3 is 9.84 Å². The molecule has 0 aromatic heterocycles. The van der Waals surface area contributed by atoms with Crippen LogP contribution in [-0.2, 0) is 14.3 Å². The molecule has 0 rings (SSSR count). The number of rotatable bonds is 3. The van der Waals surface area contributed by atoms with E-state index in [9.17, 15) is 9.59 Å². The first kappa shape index (κ1) is 10.1. The van der Waals surface area contributed by atoms with Crippen LogP contribution in [0.3, 0.4) is 0 Å². The molecule has 0 aliphatic rings. The van der Waals surface area contributed by atoms with Gasteiger partial charge in [-0.1, -0.05) is 0 Å². The van der Waals surface area contributed by atoms with Gasteiger partial charge in [-0.05, 0) is 20.8 Å². The van der Waals surface area contributed by atoms with E-state index in [2.05, 4.69) is 4.74 Å². The predicted molar refractivity (Wildman–Crippen MR) is 37.9 cm³/mol. The van der Waals surface area contributed by atoms with Gasteiger partial charge in [0.2, 0.25) is 0 Å². The van der Waals surface area contributed by atoms with Gasteiger partial charge in [-0.2, -0.15) is 0 Å². The van der Waals surface area contributed by atoms with E-state index in [0.717, 1.165) is 0 Å². The third-order valence-corrected chi connectivity index (χ3v) is 1.21. The number of carbonyl (C=O) groups excluding carboxylic acids is 2. The first-order valence-corrected chi connectivity index (χ1v) is 3.34. The van der Waals surface area contributed by atoms with Crippen molar-refractivity contribution < 1.29 is 19.4 Å². The molecule has 0 aromatic carbocycles. The Morgan fingerprint density at radius 1 is 1.36 bits per heavy atom. The highest BCUT2D eigenvalue weighted by Gasteiger charge is 2.16. The maximum Gasteiger partial charge on any atom is 0.335 e. The standard InChI is InChI=1S/C7H12O4/c1-4(8)6(3)11-7(10)5(2)9/h5-6,9H,1-3H3/t5-,6-/m1/s1. The summed E-state index contributed by atoms with van der Waals surface area (Å²) in [4.78, 5) is 21.2. The number of Topliss-reactive ketones (excluding diaryl/α,β-unsaturated/α-hetero) is 1. The van der Waals surface area contributed by atoms with Gasteiger partial charge >= 0.3 is 5.97 Å². The monoisotopic (exact) mass is 160 g/mol. The fourth-order valence-corrected chi connectivity index (χ4v) is 0.356. The molecule has 0 aliphatic carbocycles. The zero-order valence-electron chi connectivity index (χ0n) is 6.83. The highest BCUT2D eigenvalue weighted by Crippen LogP contribution is 1.95. The number of ketones is 1. The molecular formula is C7H12O4. The molecule has 0 fully saturated rings. The fraction of sp³-hybridized carbons (Fsp3) is 0.714. The van der Waals surface area contributed by atoms with Crippen LogP contribution in [0, 0.1) is 0 Å². The van der Waals surface area contributed by atoms with Crippen molar-refractivity contribution in [3.8, 4) is 0 Å². The molecule has 64 valence electrons. The average Bonchev–Trinajstić information content (AvgIpc) is 1.87. The number of aliphatic hydroxyl groups excluding tert-OH is 1. The molecule has 0 aliphatic heterocycles. The summed E-state index contributed by atoms with van der Waals surface area (Å²) in [5.41, 5.74) is 0. The number of aliphatic hydroxyl groups is 1. The molecule has 0 spiro atoms. The molecule has 2 atom stereocenters. The smallest absolute Gasteiger partial charge is 0.335 e. The molecule has 1 N–H and O–H groups in total. The molecule has 4 nitrogen and oxygen atoms in total. The van der Waals surface area contributed by atoms with E-state index in [-0.39, 0.29) is 5.78 Å². The lowest BCUT2D eigenvalue weighted by Gasteiger charge is -2.10. The summed E-state index contributed by atoms with van der Waals surface area (Å²) in [5, 5.41) is 8.67. The van der Waals surface area contributed by atoms with E-state index in [0.29, 0.717) is 0 Å². The minimum absolute atomic E-state index is 0.237. The summed E-state index contributed by atoms with van der Waals surface area (Å²) in [6, 6.07) is 0. The van der Waals surface area contributed by atoms with E-state index in [1.807, 2.05) is 0 Å².